The summed E-state index contributed by atoms with van der Waals surface area (Å²) in [5.41, 5.74) is 2.47. The summed E-state index contributed by atoms with van der Waals surface area (Å²) in [6.45, 7) is 0. The van der Waals surface area contributed by atoms with Crippen LogP contribution in [0.2, 0.25) is 10.0 Å². The molecule has 0 aromatic heterocycles. The SMILES string of the molecule is O=C(O)C1[C@H](c2ccccc2Cl)C(C(=O)OC2CCCC[C@H]2c2ccccc2)[C@H]1c1ccccc1Cl. The van der Waals surface area contributed by atoms with Gasteiger partial charge in [0.05, 0.1) is 11.8 Å². The molecule has 2 aliphatic carbocycles. The highest BCUT2D eigenvalue weighted by Crippen LogP contribution is 2.60. The average molecular weight is 523 g/mol. The zero-order valence-electron chi connectivity index (χ0n) is 19.7. The third-order valence-electron chi connectivity index (χ3n) is 7.83. The molecule has 0 heterocycles. The van der Waals surface area contributed by atoms with Crippen LogP contribution in [-0.4, -0.2) is 23.1 Å². The number of hydrogen-bond acceptors (Lipinski definition) is 3. The van der Waals surface area contributed by atoms with Crippen LogP contribution in [0.4, 0.5) is 0 Å². The summed E-state index contributed by atoms with van der Waals surface area (Å²) in [5.74, 6) is -4.00. The predicted octanol–water partition coefficient (Wildman–Crippen LogP) is 7.46. The molecule has 0 radical (unpaired) electrons. The third kappa shape index (κ3) is 4.65. The zero-order valence-corrected chi connectivity index (χ0v) is 21.2. The lowest BCUT2D eigenvalue weighted by atomic mass is 9.52. The van der Waals surface area contributed by atoms with Crippen molar-refractivity contribution in [1.29, 1.82) is 0 Å². The molecule has 0 aliphatic heterocycles. The lowest BCUT2D eigenvalue weighted by molar-refractivity contribution is -0.170. The summed E-state index contributed by atoms with van der Waals surface area (Å²) in [5, 5.41) is 11.1. The Morgan fingerprint density at radius 3 is 1.81 bits per heavy atom. The van der Waals surface area contributed by atoms with E-state index < -0.39 is 29.6 Å². The van der Waals surface area contributed by atoms with Gasteiger partial charge < -0.3 is 9.84 Å². The molecule has 0 spiro atoms. The Hall–Kier alpha value is -2.82. The van der Waals surface area contributed by atoms with Gasteiger partial charge in [-0.3, -0.25) is 9.59 Å². The van der Waals surface area contributed by atoms with Crippen LogP contribution in [0.1, 0.15) is 60.1 Å². The number of carbonyl (C=O) groups excluding carboxylic acids is 1. The topological polar surface area (TPSA) is 63.6 Å². The Kier molecular flexibility index (Phi) is 7.36. The predicted molar refractivity (Wildman–Crippen MR) is 141 cm³/mol. The number of rotatable bonds is 6. The fourth-order valence-corrected chi connectivity index (χ4v) is 6.68. The van der Waals surface area contributed by atoms with Crippen molar-refractivity contribution in [3.8, 4) is 0 Å². The molecule has 1 unspecified atom stereocenters. The number of hydrogen-bond donors (Lipinski definition) is 1. The van der Waals surface area contributed by atoms with Crippen molar-refractivity contribution in [1.82, 2.24) is 0 Å². The van der Waals surface area contributed by atoms with E-state index in [4.69, 9.17) is 27.9 Å². The first-order valence-corrected chi connectivity index (χ1v) is 13.2. The fourth-order valence-electron chi connectivity index (χ4n) is 6.16. The number of esters is 1. The van der Waals surface area contributed by atoms with Gasteiger partial charge in [-0.25, -0.2) is 0 Å². The van der Waals surface area contributed by atoms with Crippen LogP contribution in [-0.2, 0) is 14.3 Å². The van der Waals surface area contributed by atoms with Gasteiger partial charge in [0.25, 0.3) is 0 Å². The Labute approximate surface area is 221 Å². The molecule has 5 rings (SSSR count). The highest BCUT2D eigenvalue weighted by atomic mass is 35.5. The molecule has 3 aromatic rings. The minimum Gasteiger partial charge on any atom is -0.481 e. The van der Waals surface area contributed by atoms with E-state index in [-0.39, 0.29) is 18.0 Å². The number of carboxylic acid groups (broad SMARTS) is 1. The first-order valence-electron chi connectivity index (χ1n) is 12.4. The van der Waals surface area contributed by atoms with Crippen molar-refractivity contribution in [3.05, 3.63) is 106 Å². The Bertz CT molecular complexity index is 1190. The van der Waals surface area contributed by atoms with Crippen molar-refractivity contribution >= 4 is 35.1 Å². The van der Waals surface area contributed by atoms with E-state index in [1.54, 1.807) is 36.4 Å². The van der Waals surface area contributed by atoms with Gasteiger partial charge in [0.1, 0.15) is 6.10 Å². The normalized spacial score (nSPS) is 27.6. The Balaban J connectivity index is 1.51. The summed E-state index contributed by atoms with van der Waals surface area (Å²) in [7, 11) is 0. The monoisotopic (exact) mass is 522 g/mol. The van der Waals surface area contributed by atoms with E-state index in [1.807, 2.05) is 30.3 Å². The van der Waals surface area contributed by atoms with Crippen LogP contribution in [0, 0.1) is 11.8 Å². The number of carboxylic acids is 1. The van der Waals surface area contributed by atoms with Gasteiger partial charge in [-0.1, -0.05) is 96.4 Å². The lowest BCUT2D eigenvalue weighted by Crippen LogP contribution is -2.52. The highest BCUT2D eigenvalue weighted by molar-refractivity contribution is 6.32. The van der Waals surface area contributed by atoms with Gasteiger partial charge in [0, 0.05) is 27.8 Å². The molecule has 0 bridgehead atoms. The summed E-state index contributed by atoms with van der Waals surface area (Å²) in [4.78, 5) is 26.5. The van der Waals surface area contributed by atoms with E-state index in [0.717, 1.165) is 31.2 Å². The molecule has 0 saturated heterocycles. The summed E-state index contributed by atoms with van der Waals surface area (Å²) in [6, 6.07) is 24.5. The van der Waals surface area contributed by atoms with Crippen LogP contribution < -0.4 is 0 Å². The molecular formula is C30H28Cl2O4. The van der Waals surface area contributed by atoms with Crippen LogP contribution >= 0.6 is 23.2 Å². The number of carbonyl (C=O) groups is 2. The number of aliphatic carboxylic acids is 1. The molecule has 3 aromatic carbocycles. The molecule has 4 atom stereocenters. The van der Waals surface area contributed by atoms with Crippen molar-refractivity contribution in [2.75, 3.05) is 0 Å². The first-order chi connectivity index (χ1) is 17.5. The molecule has 186 valence electrons. The molecular weight excluding hydrogens is 495 g/mol. The number of halogens is 2. The summed E-state index contributed by atoms with van der Waals surface area (Å²) < 4.78 is 6.26. The van der Waals surface area contributed by atoms with E-state index >= 15 is 0 Å². The third-order valence-corrected chi connectivity index (χ3v) is 8.52. The molecule has 2 saturated carbocycles. The zero-order chi connectivity index (χ0) is 25.2. The quantitative estimate of drug-likeness (QED) is 0.341. The van der Waals surface area contributed by atoms with Gasteiger partial charge in [0.15, 0.2) is 0 Å². The molecule has 1 N–H and O–H groups in total. The van der Waals surface area contributed by atoms with Crippen molar-refractivity contribution < 1.29 is 19.4 Å². The van der Waals surface area contributed by atoms with Crippen LogP contribution in [0.3, 0.4) is 0 Å². The van der Waals surface area contributed by atoms with Gasteiger partial charge in [0.2, 0.25) is 0 Å². The van der Waals surface area contributed by atoms with E-state index in [2.05, 4.69) is 12.1 Å². The summed E-state index contributed by atoms with van der Waals surface area (Å²) >= 11 is 13.0. The van der Waals surface area contributed by atoms with Gasteiger partial charge in [-0.15, -0.1) is 0 Å². The molecule has 2 aliphatic rings. The first kappa shape index (κ1) is 24.9. The minimum absolute atomic E-state index is 0.122. The van der Waals surface area contributed by atoms with Gasteiger partial charge in [-0.05, 0) is 48.1 Å². The lowest BCUT2D eigenvalue weighted by Gasteiger charge is -2.50. The molecule has 6 heteroatoms. The largest absolute Gasteiger partial charge is 0.481 e. The van der Waals surface area contributed by atoms with E-state index in [0.29, 0.717) is 21.2 Å². The molecule has 4 nitrogen and oxygen atoms in total. The molecule has 36 heavy (non-hydrogen) atoms. The second kappa shape index (κ2) is 10.7. The van der Waals surface area contributed by atoms with Gasteiger partial charge >= 0.3 is 11.9 Å². The van der Waals surface area contributed by atoms with E-state index in [1.165, 1.54) is 0 Å². The Morgan fingerprint density at radius 2 is 1.25 bits per heavy atom. The van der Waals surface area contributed by atoms with Crippen LogP contribution in [0.5, 0.6) is 0 Å². The van der Waals surface area contributed by atoms with Crippen LogP contribution in [0.15, 0.2) is 78.9 Å². The fraction of sp³-hybridized carbons (Fsp3) is 0.333. The maximum absolute atomic E-state index is 13.9. The Morgan fingerprint density at radius 1 is 0.722 bits per heavy atom. The highest BCUT2D eigenvalue weighted by Gasteiger charge is 2.60. The van der Waals surface area contributed by atoms with Crippen molar-refractivity contribution in [2.24, 2.45) is 11.8 Å². The maximum Gasteiger partial charge on any atom is 0.310 e. The average Bonchev–Trinajstić information content (AvgIpc) is 2.86. The molecule has 2 fully saturated rings. The van der Waals surface area contributed by atoms with Gasteiger partial charge in [-0.2, -0.15) is 0 Å². The minimum atomic E-state index is -0.978. The maximum atomic E-state index is 13.9. The molecule has 0 amide bonds. The van der Waals surface area contributed by atoms with E-state index in [9.17, 15) is 14.7 Å². The number of benzene rings is 3. The second-order valence-electron chi connectivity index (χ2n) is 9.76. The van der Waals surface area contributed by atoms with Crippen molar-refractivity contribution in [2.45, 2.75) is 49.5 Å². The smallest absolute Gasteiger partial charge is 0.310 e. The second-order valence-corrected chi connectivity index (χ2v) is 10.6. The summed E-state index contributed by atoms with van der Waals surface area (Å²) in [6.07, 6.45) is 3.56. The van der Waals surface area contributed by atoms with Crippen LogP contribution in [0.25, 0.3) is 0 Å². The standard InChI is InChI=1S/C30H28Cl2O4/c31-22-15-7-4-13-20(22)25-27(29(33)34)26(21-14-5-8-16-23(21)32)28(25)30(35)36-24-17-9-6-12-19(24)18-10-2-1-3-11-18/h1-5,7-8,10-11,13-16,19,24-28H,6,9,12,17H2,(H,33,34)/t19-,24?,25-,26-,27?,28?/m0/s1. The number of ether oxygens (including phenoxy) is 1. The van der Waals surface area contributed by atoms with Crippen molar-refractivity contribution in [3.63, 3.8) is 0 Å².